The summed E-state index contributed by atoms with van der Waals surface area (Å²) < 4.78 is 37.6. The molecule has 0 aromatic heterocycles. The van der Waals surface area contributed by atoms with Gasteiger partial charge in [-0.2, -0.15) is 13.2 Å². The van der Waals surface area contributed by atoms with Crippen LogP contribution in [-0.2, 0) is 11.3 Å². The highest BCUT2D eigenvalue weighted by atomic mass is 19.4. The third kappa shape index (κ3) is 3.22. The van der Waals surface area contributed by atoms with Crippen molar-refractivity contribution in [1.82, 2.24) is 5.32 Å². The summed E-state index contributed by atoms with van der Waals surface area (Å²) in [4.78, 5) is 11.5. The molecule has 0 heterocycles. The fourth-order valence-corrected chi connectivity index (χ4v) is 1.13. The third-order valence-electron chi connectivity index (χ3n) is 2.57. The van der Waals surface area contributed by atoms with Crippen molar-refractivity contribution in [2.45, 2.75) is 26.6 Å². The number of hydrogen-bond donors (Lipinski definition) is 1. The van der Waals surface area contributed by atoms with E-state index in [0.717, 1.165) is 19.4 Å². The Hall–Kier alpha value is -1.52. The van der Waals surface area contributed by atoms with Crippen LogP contribution in [0, 0.1) is 5.41 Å². The summed E-state index contributed by atoms with van der Waals surface area (Å²) in [6, 6.07) is 8.79. The van der Waals surface area contributed by atoms with E-state index in [1.165, 1.54) is 0 Å². The topological polar surface area (TPSA) is 29.1 Å². The lowest BCUT2D eigenvalue weighted by Gasteiger charge is -2.26. The molecular formula is C12H14F3NO. The second-order valence-corrected chi connectivity index (χ2v) is 4.29. The number of hydrogen-bond acceptors (Lipinski definition) is 1. The number of benzene rings is 1. The van der Waals surface area contributed by atoms with Crippen LogP contribution < -0.4 is 5.32 Å². The fourth-order valence-electron chi connectivity index (χ4n) is 1.13. The van der Waals surface area contributed by atoms with Gasteiger partial charge in [-0.25, -0.2) is 0 Å². The molecule has 0 saturated heterocycles. The predicted octanol–water partition coefficient (Wildman–Crippen LogP) is 2.89. The molecule has 0 bridgehead atoms. The van der Waals surface area contributed by atoms with Crippen LogP contribution in [0.5, 0.6) is 0 Å². The van der Waals surface area contributed by atoms with Gasteiger partial charge in [-0.3, -0.25) is 4.79 Å². The molecule has 0 saturated carbocycles. The highest BCUT2D eigenvalue weighted by Crippen LogP contribution is 2.37. The first-order valence-electron chi connectivity index (χ1n) is 5.14. The maximum atomic E-state index is 12.5. The van der Waals surface area contributed by atoms with Crippen molar-refractivity contribution in [3.05, 3.63) is 35.9 Å². The van der Waals surface area contributed by atoms with Crippen molar-refractivity contribution in [2.75, 3.05) is 0 Å². The quantitative estimate of drug-likeness (QED) is 0.871. The van der Waals surface area contributed by atoms with Crippen molar-refractivity contribution in [1.29, 1.82) is 0 Å². The Morgan fingerprint density at radius 1 is 1.18 bits per heavy atom. The van der Waals surface area contributed by atoms with Gasteiger partial charge in [0, 0.05) is 6.54 Å². The van der Waals surface area contributed by atoms with Gasteiger partial charge in [0.2, 0.25) is 5.91 Å². The van der Waals surface area contributed by atoms with Crippen LogP contribution in [-0.4, -0.2) is 12.1 Å². The molecule has 0 atom stereocenters. The standard InChI is InChI=1S/C12H14F3NO/c1-11(2,12(13,14)15)10(17)16-8-9-6-4-3-5-7-9/h3-7H,8H2,1-2H3,(H,16,17). The third-order valence-corrected chi connectivity index (χ3v) is 2.57. The Morgan fingerprint density at radius 3 is 2.18 bits per heavy atom. The van der Waals surface area contributed by atoms with E-state index in [-0.39, 0.29) is 6.54 Å². The number of carbonyl (C=O) groups excluding carboxylic acids is 1. The summed E-state index contributed by atoms with van der Waals surface area (Å²) in [5.74, 6) is -1.02. The zero-order valence-electron chi connectivity index (χ0n) is 9.64. The van der Waals surface area contributed by atoms with Gasteiger partial charge in [0.1, 0.15) is 5.41 Å². The van der Waals surface area contributed by atoms with Gasteiger partial charge in [-0.05, 0) is 19.4 Å². The van der Waals surface area contributed by atoms with Gasteiger partial charge in [-0.15, -0.1) is 0 Å². The molecule has 0 radical (unpaired) electrons. The van der Waals surface area contributed by atoms with Gasteiger partial charge >= 0.3 is 6.18 Å². The van der Waals surface area contributed by atoms with E-state index in [1.807, 2.05) is 0 Å². The molecule has 94 valence electrons. The minimum atomic E-state index is -4.55. The number of halogens is 3. The number of alkyl halides is 3. The van der Waals surface area contributed by atoms with Gasteiger partial charge in [0.05, 0.1) is 0 Å². The maximum absolute atomic E-state index is 12.5. The summed E-state index contributed by atoms with van der Waals surface area (Å²) in [6.45, 7) is 1.83. The Bertz CT molecular complexity index is 384. The molecule has 0 spiro atoms. The molecule has 17 heavy (non-hydrogen) atoms. The van der Waals surface area contributed by atoms with Crippen molar-refractivity contribution < 1.29 is 18.0 Å². The molecule has 0 unspecified atom stereocenters. The second kappa shape index (κ2) is 4.77. The van der Waals surface area contributed by atoms with Crippen molar-refractivity contribution in [2.24, 2.45) is 5.41 Å². The zero-order chi connectivity index (χ0) is 13.1. The Balaban J connectivity index is 2.62. The highest BCUT2D eigenvalue weighted by Gasteiger charge is 2.52. The maximum Gasteiger partial charge on any atom is 0.402 e. The van der Waals surface area contributed by atoms with Gasteiger partial charge in [-0.1, -0.05) is 30.3 Å². The van der Waals surface area contributed by atoms with E-state index >= 15 is 0 Å². The van der Waals surface area contributed by atoms with Crippen LogP contribution >= 0.6 is 0 Å². The summed E-state index contributed by atoms with van der Waals surface area (Å²) in [5, 5.41) is 2.29. The van der Waals surface area contributed by atoms with Crippen molar-refractivity contribution in [3.8, 4) is 0 Å². The summed E-state index contributed by atoms with van der Waals surface area (Å²) in [6.07, 6.45) is -4.55. The fraction of sp³-hybridized carbons (Fsp3) is 0.417. The Kier molecular flexibility index (Phi) is 3.80. The summed E-state index contributed by atoms with van der Waals surface area (Å²) in [5.41, 5.74) is -1.61. The molecule has 1 aromatic carbocycles. The second-order valence-electron chi connectivity index (χ2n) is 4.29. The average Bonchev–Trinajstić information content (AvgIpc) is 2.25. The van der Waals surface area contributed by atoms with Crippen LogP contribution in [0.1, 0.15) is 19.4 Å². The Morgan fingerprint density at radius 2 is 1.71 bits per heavy atom. The SMILES string of the molecule is CC(C)(C(=O)NCc1ccccc1)C(F)(F)F. The van der Waals surface area contributed by atoms with E-state index in [4.69, 9.17) is 0 Å². The number of carbonyl (C=O) groups is 1. The van der Waals surface area contributed by atoms with E-state index in [1.54, 1.807) is 30.3 Å². The first kappa shape index (κ1) is 13.5. The summed E-state index contributed by atoms with van der Waals surface area (Å²) >= 11 is 0. The van der Waals surface area contributed by atoms with Gasteiger partial charge < -0.3 is 5.32 Å². The molecule has 2 nitrogen and oxygen atoms in total. The molecule has 1 amide bonds. The normalized spacial score (nSPS) is 12.3. The van der Waals surface area contributed by atoms with E-state index < -0.39 is 17.5 Å². The number of nitrogens with one attached hydrogen (secondary N) is 1. The molecule has 1 N–H and O–H groups in total. The molecular weight excluding hydrogens is 231 g/mol. The lowest BCUT2D eigenvalue weighted by Crippen LogP contribution is -2.46. The molecule has 5 heteroatoms. The van der Waals surface area contributed by atoms with Gasteiger partial charge in [0.25, 0.3) is 0 Å². The molecule has 0 aliphatic heterocycles. The average molecular weight is 245 g/mol. The van der Waals surface area contributed by atoms with Crippen LogP contribution in [0.3, 0.4) is 0 Å². The summed E-state index contributed by atoms with van der Waals surface area (Å²) in [7, 11) is 0. The highest BCUT2D eigenvalue weighted by molar-refractivity contribution is 5.82. The molecule has 0 fully saturated rings. The van der Waals surface area contributed by atoms with E-state index in [9.17, 15) is 18.0 Å². The molecule has 0 aliphatic carbocycles. The van der Waals surface area contributed by atoms with Crippen LogP contribution in [0.4, 0.5) is 13.2 Å². The lowest BCUT2D eigenvalue weighted by atomic mass is 9.91. The van der Waals surface area contributed by atoms with Crippen molar-refractivity contribution >= 4 is 5.91 Å². The van der Waals surface area contributed by atoms with Crippen LogP contribution in [0.2, 0.25) is 0 Å². The Labute approximate surface area is 97.8 Å². The van der Waals surface area contributed by atoms with Gasteiger partial charge in [0.15, 0.2) is 0 Å². The van der Waals surface area contributed by atoms with Crippen LogP contribution in [0.15, 0.2) is 30.3 Å². The monoisotopic (exact) mass is 245 g/mol. The predicted molar refractivity (Wildman–Crippen MR) is 58.1 cm³/mol. The largest absolute Gasteiger partial charge is 0.402 e. The number of amides is 1. The minimum absolute atomic E-state index is 0.0964. The lowest BCUT2D eigenvalue weighted by molar-refractivity contribution is -0.211. The molecule has 1 aromatic rings. The number of rotatable bonds is 3. The van der Waals surface area contributed by atoms with Crippen LogP contribution in [0.25, 0.3) is 0 Å². The van der Waals surface area contributed by atoms with E-state index in [2.05, 4.69) is 5.32 Å². The molecule has 0 aliphatic rings. The first-order valence-corrected chi connectivity index (χ1v) is 5.14. The minimum Gasteiger partial charge on any atom is -0.351 e. The zero-order valence-corrected chi connectivity index (χ0v) is 9.64. The van der Waals surface area contributed by atoms with Crippen molar-refractivity contribution in [3.63, 3.8) is 0 Å². The molecule has 1 rings (SSSR count). The first-order chi connectivity index (χ1) is 7.75. The van der Waals surface area contributed by atoms with E-state index in [0.29, 0.717) is 0 Å². The smallest absolute Gasteiger partial charge is 0.351 e.